The second-order valence-corrected chi connectivity index (χ2v) is 8.01. The fraction of sp³-hybridized carbons (Fsp3) is 0.0769. The summed E-state index contributed by atoms with van der Waals surface area (Å²) in [6, 6.07) is 22.8. The second-order valence-electron chi connectivity index (χ2n) is 8.01. The maximum absolute atomic E-state index is 5.80. The normalized spacial score (nSPS) is 11.5. The van der Waals surface area contributed by atoms with Crippen LogP contribution in [0.4, 0.5) is 0 Å². The van der Waals surface area contributed by atoms with Crippen LogP contribution in [0.3, 0.4) is 0 Å². The number of aromatic nitrogens is 6. The van der Waals surface area contributed by atoms with Gasteiger partial charge in [0, 0.05) is 36.3 Å². The van der Waals surface area contributed by atoms with Crippen molar-refractivity contribution in [3.05, 3.63) is 91.0 Å². The molecule has 6 rings (SSSR count). The monoisotopic (exact) mass is 431 g/mol. The van der Waals surface area contributed by atoms with Crippen LogP contribution in [0.2, 0.25) is 0 Å². The molecule has 0 atom stereocenters. The van der Waals surface area contributed by atoms with Crippen molar-refractivity contribution in [1.82, 2.24) is 29.1 Å². The predicted octanol–water partition coefficient (Wildman–Crippen LogP) is 4.47. The molecule has 0 spiro atoms. The third-order valence-corrected chi connectivity index (χ3v) is 5.96. The number of rotatable bonds is 4. The van der Waals surface area contributed by atoms with Crippen molar-refractivity contribution in [1.29, 1.82) is 0 Å². The van der Waals surface area contributed by atoms with E-state index in [1.54, 1.807) is 12.5 Å². The Morgan fingerprint density at radius 2 is 1.73 bits per heavy atom. The van der Waals surface area contributed by atoms with E-state index in [1.165, 1.54) is 0 Å². The first-order chi connectivity index (χ1) is 16.2. The molecule has 7 heteroatoms. The Kier molecular flexibility index (Phi) is 4.48. The Bertz CT molecular complexity index is 1600. The molecule has 4 aromatic heterocycles. The Balaban J connectivity index is 1.62. The van der Waals surface area contributed by atoms with Crippen molar-refractivity contribution in [3.8, 4) is 33.9 Å². The minimum atomic E-state index is 0.515. The summed E-state index contributed by atoms with van der Waals surface area (Å²) in [5.41, 5.74) is 13.5. The van der Waals surface area contributed by atoms with E-state index in [4.69, 9.17) is 10.7 Å². The molecule has 0 saturated carbocycles. The van der Waals surface area contributed by atoms with E-state index in [9.17, 15) is 0 Å². The van der Waals surface area contributed by atoms with Crippen molar-refractivity contribution in [2.45, 2.75) is 6.54 Å². The molecule has 2 aromatic carbocycles. The molecule has 0 fully saturated rings. The van der Waals surface area contributed by atoms with E-state index in [-0.39, 0.29) is 0 Å². The molecule has 0 amide bonds. The van der Waals surface area contributed by atoms with E-state index < -0.39 is 0 Å². The molecule has 160 valence electrons. The van der Waals surface area contributed by atoms with Crippen LogP contribution >= 0.6 is 0 Å². The minimum Gasteiger partial charge on any atom is -0.331 e. The molecule has 0 bridgehead atoms. The molecule has 0 unspecified atom stereocenters. The fourth-order valence-electron chi connectivity index (χ4n) is 4.20. The van der Waals surface area contributed by atoms with Gasteiger partial charge in [-0.3, -0.25) is 4.40 Å². The number of hydrogen-bond donors (Lipinski definition) is 1. The standard InChI is InChI=1S/C26H21N7/c1-32-16-28-15-23(32)26-31-30-25-21-13-20(18-5-3-2-4-6-18)24(29-22(21)11-12-33(25)26)19-9-7-17(14-27)8-10-19/h2-13,15-16H,14,27H2,1H3. The Morgan fingerprint density at radius 1 is 0.909 bits per heavy atom. The number of benzene rings is 2. The number of fused-ring (bicyclic) bond motifs is 3. The maximum Gasteiger partial charge on any atom is 0.186 e. The lowest BCUT2D eigenvalue weighted by molar-refractivity contribution is 0.904. The van der Waals surface area contributed by atoms with Crippen molar-refractivity contribution in [3.63, 3.8) is 0 Å². The lowest BCUT2D eigenvalue weighted by Crippen LogP contribution is -1.98. The highest BCUT2D eigenvalue weighted by molar-refractivity contribution is 5.98. The number of nitrogens with zero attached hydrogens (tertiary/aromatic N) is 6. The quantitative estimate of drug-likeness (QED) is 0.445. The van der Waals surface area contributed by atoms with Gasteiger partial charge in [-0.1, -0.05) is 54.6 Å². The fourth-order valence-corrected chi connectivity index (χ4v) is 4.20. The number of pyridine rings is 2. The van der Waals surface area contributed by atoms with Crippen LogP contribution < -0.4 is 5.73 Å². The molecule has 0 aliphatic carbocycles. The molecule has 7 nitrogen and oxygen atoms in total. The van der Waals surface area contributed by atoms with Crippen LogP contribution in [-0.4, -0.2) is 29.1 Å². The van der Waals surface area contributed by atoms with Gasteiger partial charge in [0.1, 0.15) is 5.69 Å². The first kappa shape index (κ1) is 19.3. The molecule has 0 aliphatic heterocycles. The van der Waals surface area contributed by atoms with Crippen LogP contribution in [0.1, 0.15) is 5.56 Å². The third kappa shape index (κ3) is 3.18. The highest BCUT2D eigenvalue weighted by Gasteiger charge is 2.17. The predicted molar refractivity (Wildman–Crippen MR) is 129 cm³/mol. The summed E-state index contributed by atoms with van der Waals surface area (Å²) in [6.45, 7) is 0.515. The van der Waals surface area contributed by atoms with Gasteiger partial charge < -0.3 is 10.3 Å². The SMILES string of the molecule is Cn1cncc1-c1nnc2c3cc(-c4ccccc4)c(-c4ccc(CN)cc4)nc3ccn12. The average Bonchev–Trinajstić information content (AvgIpc) is 3.49. The molecule has 6 aromatic rings. The van der Waals surface area contributed by atoms with E-state index in [1.807, 2.05) is 46.5 Å². The smallest absolute Gasteiger partial charge is 0.186 e. The van der Waals surface area contributed by atoms with Crippen molar-refractivity contribution in [2.24, 2.45) is 12.8 Å². The molecule has 2 N–H and O–H groups in total. The summed E-state index contributed by atoms with van der Waals surface area (Å²) in [5.74, 6) is 0.745. The summed E-state index contributed by atoms with van der Waals surface area (Å²) in [4.78, 5) is 9.31. The Morgan fingerprint density at radius 3 is 2.45 bits per heavy atom. The van der Waals surface area contributed by atoms with Gasteiger partial charge in [0.15, 0.2) is 11.5 Å². The third-order valence-electron chi connectivity index (χ3n) is 5.96. The first-order valence-corrected chi connectivity index (χ1v) is 10.7. The Labute approximate surface area is 190 Å². The topological polar surface area (TPSA) is 86.9 Å². The van der Waals surface area contributed by atoms with Crippen molar-refractivity contribution in [2.75, 3.05) is 0 Å². The van der Waals surface area contributed by atoms with Gasteiger partial charge in [-0.2, -0.15) is 0 Å². The largest absolute Gasteiger partial charge is 0.331 e. The summed E-state index contributed by atoms with van der Waals surface area (Å²) < 4.78 is 3.92. The van der Waals surface area contributed by atoms with E-state index >= 15 is 0 Å². The van der Waals surface area contributed by atoms with Crippen molar-refractivity contribution >= 4 is 16.6 Å². The molecule has 0 radical (unpaired) electrons. The van der Waals surface area contributed by atoms with Crippen LogP contribution in [-0.2, 0) is 13.6 Å². The number of imidazole rings is 1. The highest BCUT2D eigenvalue weighted by atomic mass is 15.3. The molecular formula is C26H21N7. The molecule has 0 aliphatic rings. The summed E-state index contributed by atoms with van der Waals surface area (Å²) >= 11 is 0. The number of nitrogens with two attached hydrogens (primary N) is 1. The van der Waals surface area contributed by atoms with Gasteiger partial charge in [0.05, 0.1) is 23.7 Å². The summed E-state index contributed by atoms with van der Waals surface area (Å²) in [5, 5.41) is 9.93. The zero-order valence-corrected chi connectivity index (χ0v) is 18.1. The van der Waals surface area contributed by atoms with Crippen molar-refractivity contribution < 1.29 is 0 Å². The lowest BCUT2D eigenvalue weighted by atomic mass is 9.97. The van der Waals surface area contributed by atoms with Gasteiger partial charge in [-0.05, 0) is 23.3 Å². The first-order valence-electron chi connectivity index (χ1n) is 10.7. The summed E-state index contributed by atoms with van der Waals surface area (Å²) in [7, 11) is 1.95. The average molecular weight is 432 g/mol. The van der Waals surface area contributed by atoms with Crippen LogP contribution in [0.15, 0.2) is 85.5 Å². The van der Waals surface area contributed by atoms with Gasteiger partial charge in [-0.25, -0.2) is 9.97 Å². The van der Waals surface area contributed by atoms with E-state index in [0.717, 1.165) is 56.0 Å². The molecular weight excluding hydrogens is 410 g/mol. The highest BCUT2D eigenvalue weighted by Crippen LogP contribution is 2.35. The molecule has 33 heavy (non-hydrogen) atoms. The van der Waals surface area contributed by atoms with Crippen LogP contribution in [0.5, 0.6) is 0 Å². The van der Waals surface area contributed by atoms with Gasteiger partial charge in [0.25, 0.3) is 0 Å². The number of hydrogen-bond acceptors (Lipinski definition) is 5. The summed E-state index contributed by atoms with van der Waals surface area (Å²) in [6.07, 6.45) is 5.52. The molecule has 0 saturated heterocycles. The second kappa shape index (κ2) is 7.65. The maximum atomic E-state index is 5.80. The zero-order valence-electron chi connectivity index (χ0n) is 18.1. The van der Waals surface area contributed by atoms with Gasteiger partial charge in [-0.15, -0.1) is 10.2 Å². The van der Waals surface area contributed by atoms with Gasteiger partial charge >= 0.3 is 0 Å². The Hall–Kier alpha value is -4.36. The zero-order chi connectivity index (χ0) is 22.4. The number of aryl methyl sites for hydroxylation is 1. The lowest BCUT2D eigenvalue weighted by Gasteiger charge is -2.13. The van der Waals surface area contributed by atoms with Crippen LogP contribution in [0.25, 0.3) is 50.5 Å². The van der Waals surface area contributed by atoms with E-state index in [0.29, 0.717) is 6.54 Å². The van der Waals surface area contributed by atoms with E-state index in [2.05, 4.69) is 57.6 Å². The minimum absolute atomic E-state index is 0.515. The molecule has 4 heterocycles. The van der Waals surface area contributed by atoms with Gasteiger partial charge in [0.2, 0.25) is 0 Å². The van der Waals surface area contributed by atoms with Crippen LogP contribution in [0, 0.1) is 0 Å².